The van der Waals surface area contributed by atoms with Crippen LogP contribution >= 0.6 is 11.6 Å². The van der Waals surface area contributed by atoms with Crippen molar-refractivity contribution in [3.8, 4) is 0 Å². The van der Waals surface area contributed by atoms with E-state index in [0.717, 1.165) is 34.5 Å². The molecule has 0 spiro atoms. The van der Waals surface area contributed by atoms with Crippen LogP contribution < -0.4 is 9.62 Å². The number of carbonyl (C=O) groups is 2. The number of amides is 2. The number of anilines is 1. The zero-order valence-electron chi connectivity index (χ0n) is 21.7. The molecule has 0 heterocycles. The minimum Gasteiger partial charge on any atom is -0.354 e. The molecule has 0 fully saturated rings. The number of hydrogen-bond donors (Lipinski definition) is 1. The zero-order chi connectivity index (χ0) is 27.5. The molecule has 3 aromatic rings. The van der Waals surface area contributed by atoms with E-state index in [-0.39, 0.29) is 18.9 Å². The van der Waals surface area contributed by atoms with Gasteiger partial charge in [0.15, 0.2) is 0 Å². The normalized spacial score (nSPS) is 12.0. The molecular weight excluding hydrogens is 522 g/mol. The molecule has 1 atom stereocenters. The molecule has 9 heteroatoms. The highest BCUT2D eigenvalue weighted by Gasteiger charge is 2.32. The number of unbranched alkanes of at least 4 members (excludes halogenated alkanes) is 1. The Balaban J connectivity index is 2.00. The summed E-state index contributed by atoms with van der Waals surface area (Å²) in [7, 11) is -3.81. The molecule has 3 rings (SSSR count). The molecule has 0 aromatic heterocycles. The van der Waals surface area contributed by atoms with Crippen molar-refractivity contribution in [3.05, 3.63) is 101 Å². The summed E-state index contributed by atoms with van der Waals surface area (Å²) in [6.45, 7) is 2.22. The predicted octanol–water partition coefficient (Wildman–Crippen LogP) is 4.66. The van der Waals surface area contributed by atoms with Gasteiger partial charge < -0.3 is 10.2 Å². The molecule has 0 aliphatic heterocycles. The van der Waals surface area contributed by atoms with Crippen LogP contribution in [0.3, 0.4) is 0 Å². The Bertz CT molecular complexity index is 1290. The highest BCUT2D eigenvalue weighted by atomic mass is 35.5. The molecule has 38 heavy (non-hydrogen) atoms. The second-order valence-electron chi connectivity index (χ2n) is 9.10. The summed E-state index contributed by atoms with van der Waals surface area (Å²) in [4.78, 5) is 28.9. The lowest BCUT2D eigenvalue weighted by Crippen LogP contribution is -2.53. The van der Waals surface area contributed by atoms with Crippen molar-refractivity contribution in [1.29, 1.82) is 0 Å². The van der Waals surface area contributed by atoms with Gasteiger partial charge in [0.1, 0.15) is 12.6 Å². The molecule has 1 unspecified atom stereocenters. The van der Waals surface area contributed by atoms with Crippen molar-refractivity contribution in [2.75, 3.05) is 23.7 Å². The first-order valence-electron chi connectivity index (χ1n) is 12.6. The number of nitrogens with one attached hydrogen (secondary N) is 1. The van der Waals surface area contributed by atoms with Crippen molar-refractivity contribution >= 4 is 39.1 Å². The van der Waals surface area contributed by atoms with Gasteiger partial charge in [-0.05, 0) is 41.8 Å². The summed E-state index contributed by atoms with van der Waals surface area (Å²) in [6.07, 6.45) is 3.07. The van der Waals surface area contributed by atoms with Crippen molar-refractivity contribution < 1.29 is 18.0 Å². The Morgan fingerprint density at radius 3 is 2.03 bits per heavy atom. The van der Waals surface area contributed by atoms with E-state index in [1.54, 1.807) is 24.3 Å². The number of halogens is 1. The van der Waals surface area contributed by atoms with E-state index in [4.69, 9.17) is 11.6 Å². The van der Waals surface area contributed by atoms with E-state index in [1.165, 1.54) is 4.90 Å². The topological polar surface area (TPSA) is 86.8 Å². The van der Waals surface area contributed by atoms with Gasteiger partial charge in [0.25, 0.3) is 0 Å². The Kier molecular flexibility index (Phi) is 10.7. The molecule has 0 saturated carbocycles. The predicted molar refractivity (Wildman–Crippen MR) is 152 cm³/mol. The monoisotopic (exact) mass is 555 g/mol. The summed E-state index contributed by atoms with van der Waals surface area (Å²) in [6, 6.07) is 24.2. The Hall–Kier alpha value is -3.36. The number of hydrogen-bond acceptors (Lipinski definition) is 4. The summed E-state index contributed by atoms with van der Waals surface area (Å²) in [5, 5.41) is 3.42. The van der Waals surface area contributed by atoms with E-state index in [1.807, 2.05) is 67.6 Å². The zero-order valence-corrected chi connectivity index (χ0v) is 23.3. The molecule has 0 bridgehead atoms. The minimum atomic E-state index is -3.81. The lowest BCUT2D eigenvalue weighted by Gasteiger charge is -2.33. The Labute approximate surface area is 230 Å². The van der Waals surface area contributed by atoms with Crippen molar-refractivity contribution in [2.45, 2.75) is 38.8 Å². The lowest BCUT2D eigenvalue weighted by atomic mass is 10.0. The highest BCUT2D eigenvalue weighted by Crippen LogP contribution is 2.22. The summed E-state index contributed by atoms with van der Waals surface area (Å²) < 4.78 is 26.5. The first-order chi connectivity index (χ1) is 18.2. The summed E-state index contributed by atoms with van der Waals surface area (Å²) in [5.41, 5.74) is 2.04. The van der Waals surface area contributed by atoms with Crippen LogP contribution in [-0.4, -0.2) is 50.5 Å². The third-order valence-corrected chi connectivity index (χ3v) is 7.48. The Morgan fingerprint density at radius 1 is 0.895 bits per heavy atom. The van der Waals surface area contributed by atoms with Crippen LogP contribution in [-0.2, 0) is 32.6 Å². The van der Waals surface area contributed by atoms with Crippen LogP contribution in [0.4, 0.5) is 5.69 Å². The number of benzene rings is 3. The average Bonchev–Trinajstić information content (AvgIpc) is 2.90. The number of rotatable bonds is 13. The van der Waals surface area contributed by atoms with Gasteiger partial charge in [-0.3, -0.25) is 13.9 Å². The largest absolute Gasteiger partial charge is 0.354 e. The standard InChI is InChI=1S/C29H34ClN3O4S/c1-3-4-19-31-29(35)27(20-23-11-7-5-8-12-23)32(21-24-13-9-6-10-14-24)28(34)22-33(38(2,36)37)26-17-15-25(30)16-18-26/h5-18,27H,3-4,19-22H2,1-2H3,(H,31,35). The van der Waals surface area contributed by atoms with Gasteiger partial charge in [-0.1, -0.05) is 85.6 Å². The van der Waals surface area contributed by atoms with Crippen LogP contribution in [0.15, 0.2) is 84.9 Å². The molecule has 2 amide bonds. The van der Waals surface area contributed by atoms with Gasteiger partial charge in [0, 0.05) is 24.5 Å². The van der Waals surface area contributed by atoms with E-state index in [9.17, 15) is 18.0 Å². The average molecular weight is 556 g/mol. The van der Waals surface area contributed by atoms with E-state index in [2.05, 4.69) is 5.32 Å². The van der Waals surface area contributed by atoms with Crippen LogP contribution in [0.1, 0.15) is 30.9 Å². The first kappa shape index (κ1) is 29.2. The van der Waals surface area contributed by atoms with Crippen LogP contribution in [0.2, 0.25) is 5.02 Å². The smallest absolute Gasteiger partial charge is 0.244 e. The maximum Gasteiger partial charge on any atom is 0.244 e. The molecule has 0 saturated heterocycles. The van der Waals surface area contributed by atoms with Crippen molar-refractivity contribution in [3.63, 3.8) is 0 Å². The SMILES string of the molecule is CCCCNC(=O)C(Cc1ccccc1)N(Cc1ccccc1)C(=O)CN(c1ccc(Cl)cc1)S(C)(=O)=O. The van der Waals surface area contributed by atoms with Crippen molar-refractivity contribution in [1.82, 2.24) is 10.2 Å². The molecule has 0 aliphatic carbocycles. The quantitative estimate of drug-likeness (QED) is 0.311. The first-order valence-corrected chi connectivity index (χ1v) is 14.8. The second kappa shape index (κ2) is 14.0. The fraction of sp³-hybridized carbons (Fsp3) is 0.310. The number of nitrogens with zero attached hydrogens (tertiary/aromatic N) is 2. The van der Waals surface area contributed by atoms with Crippen LogP contribution in [0, 0.1) is 0 Å². The molecule has 7 nitrogen and oxygen atoms in total. The van der Waals surface area contributed by atoms with Gasteiger partial charge in [-0.15, -0.1) is 0 Å². The minimum absolute atomic E-state index is 0.149. The van der Waals surface area contributed by atoms with Gasteiger partial charge in [-0.2, -0.15) is 0 Å². The van der Waals surface area contributed by atoms with Gasteiger partial charge in [-0.25, -0.2) is 8.42 Å². The van der Waals surface area contributed by atoms with Gasteiger partial charge in [0.05, 0.1) is 11.9 Å². The lowest BCUT2D eigenvalue weighted by molar-refractivity contribution is -0.140. The number of carbonyl (C=O) groups excluding carboxylic acids is 2. The second-order valence-corrected chi connectivity index (χ2v) is 11.4. The fourth-order valence-electron chi connectivity index (χ4n) is 4.06. The molecular formula is C29H34ClN3O4S. The fourth-order valence-corrected chi connectivity index (χ4v) is 5.04. The number of sulfonamides is 1. The molecule has 1 N–H and O–H groups in total. The maximum absolute atomic E-state index is 13.9. The third kappa shape index (κ3) is 8.60. The van der Waals surface area contributed by atoms with Crippen LogP contribution in [0.5, 0.6) is 0 Å². The third-order valence-electron chi connectivity index (χ3n) is 6.09. The highest BCUT2D eigenvalue weighted by molar-refractivity contribution is 7.92. The van der Waals surface area contributed by atoms with Crippen LogP contribution in [0.25, 0.3) is 0 Å². The molecule has 0 radical (unpaired) electrons. The van der Waals surface area contributed by atoms with Gasteiger partial charge in [0.2, 0.25) is 21.8 Å². The molecule has 0 aliphatic rings. The van der Waals surface area contributed by atoms with Crippen molar-refractivity contribution in [2.24, 2.45) is 0 Å². The summed E-state index contributed by atoms with van der Waals surface area (Å²) in [5.74, 6) is -0.759. The summed E-state index contributed by atoms with van der Waals surface area (Å²) >= 11 is 6.00. The van der Waals surface area contributed by atoms with Gasteiger partial charge >= 0.3 is 0 Å². The van der Waals surface area contributed by atoms with E-state index >= 15 is 0 Å². The molecule has 3 aromatic carbocycles. The Morgan fingerprint density at radius 2 is 1.47 bits per heavy atom. The molecule has 202 valence electrons. The van der Waals surface area contributed by atoms with E-state index < -0.39 is 28.5 Å². The van der Waals surface area contributed by atoms with E-state index in [0.29, 0.717) is 17.3 Å². The maximum atomic E-state index is 13.9.